The number of ether oxygens (including phenoxy) is 1. The fourth-order valence-electron chi connectivity index (χ4n) is 2.46. The van der Waals surface area contributed by atoms with Crippen LogP contribution in [0.2, 0.25) is 0 Å². The summed E-state index contributed by atoms with van der Waals surface area (Å²) in [6.07, 6.45) is 1.82. The molecule has 0 saturated carbocycles. The highest BCUT2D eigenvalue weighted by Gasteiger charge is 2.34. The lowest BCUT2D eigenvalue weighted by atomic mass is 10.2. The van der Waals surface area contributed by atoms with Gasteiger partial charge in [0.05, 0.1) is 12.0 Å². The van der Waals surface area contributed by atoms with Crippen molar-refractivity contribution in [3.05, 3.63) is 24.3 Å². The standard InChI is InChI=1S/C13H20N2O3S/c1-14-10-11-5-4-8-15(11)19(16,17)13-7-3-6-12(9-13)18-2/h3,6-7,9,11,14H,4-5,8,10H2,1-2H3. The molecule has 0 radical (unpaired) electrons. The van der Waals surface area contributed by atoms with Gasteiger partial charge in [0.1, 0.15) is 5.75 Å². The zero-order chi connectivity index (χ0) is 13.9. The minimum atomic E-state index is -3.43. The van der Waals surface area contributed by atoms with Gasteiger partial charge in [-0.05, 0) is 32.0 Å². The van der Waals surface area contributed by atoms with Gasteiger partial charge in [-0.1, -0.05) is 6.07 Å². The number of nitrogens with zero attached hydrogens (tertiary/aromatic N) is 1. The van der Waals surface area contributed by atoms with Crippen LogP contribution in [-0.2, 0) is 10.0 Å². The van der Waals surface area contributed by atoms with Gasteiger partial charge in [0, 0.05) is 25.2 Å². The second kappa shape index (κ2) is 5.90. The van der Waals surface area contributed by atoms with E-state index >= 15 is 0 Å². The van der Waals surface area contributed by atoms with Crippen molar-refractivity contribution in [2.45, 2.75) is 23.8 Å². The molecule has 106 valence electrons. The lowest BCUT2D eigenvalue weighted by molar-refractivity contribution is 0.378. The van der Waals surface area contributed by atoms with E-state index in [0.29, 0.717) is 23.7 Å². The third-order valence-corrected chi connectivity index (χ3v) is 5.36. The lowest BCUT2D eigenvalue weighted by Gasteiger charge is -2.24. The number of rotatable bonds is 5. The summed E-state index contributed by atoms with van der Waals surface area (Å²) in [7, 11) is -0.0543. The zero-order valence-corrected chi connectivity index (χ0v) is 12.1. The van der Waals surface area contributed by atoms with Crippen molar-refractivity contribution in [2.24, 2.45) is 0 Å². The number of benzene rings is 1. The van der Waals surface area contributed by atoms with Crippen molar-refractivity contribution in [3.63, 3.8) is 0 Å². The second-order valence-corrected chi connectivity index (χ2v) is 6.54. The topological polar surface area (TPSA) is 58.6 Å². The molecule has 0 aromatic heterocycles. The van der Waals surface area contributed by atoms with Crippen LogP contribution in [0.15, 0.2) is 29.2 Å². The van der Waals surface area contributed by atoms with E-state index in [2.05, 4.69) is 5.32 Å². The van der Waals surface area contributed by atoms with Crippen LogP contribution in [0.5, 0.6) is 5.75 Å². The third-order valence-electron chi connectivity index (χ3n) is 3.41. The third kappa shape index (κ3) is 2.91. The maximum Gasteiger partial charge on any atom is 0.243 e. The lowest BCUT2D eigenvalue weighted by Crippen LogP contribution is -2.40. The molecular formula is C13H20N2O3S. The summed E-state index contributed by atoms with van der Waals surface area (Å²) in [4.78, 5) is 0.301. The van der Waals surface area contributed by atoms with E-state index in [4.69, 9.17) is 4.74 Å². The molecule has 1 fully saturated rings. The summed E-state index contributed by atoms with van der Waals surface area (Å²) in [5, 5.41) is 3.05. The van der Waals surface area contributed by atoms with Gasteiger partial charge in [-0.3, -0.25) is 0 Å². The molecule has 1 aromatic carbocycles. The molecule has 1 atom stereocenters. The van der Waals surface area contributed by atoms with Crippen LogP contribution in [0, 0.1) is 0 Å². The van der Waals surface area contributed by atoms with Crippen molar-refractivity contribution in [1.29, 1.82) is 0 Å². The Bertz CT molecular complexity index is 530. The first-order valence-corrected chi connectivity index (χ1v) is 7.84. The van der Waals surface area contributed by atoms with Crippen LogP contribution in [0.1, 0.15) is 12.8 Å². The molecule has 0 amide bonds. The Morgan fingerprint density at radius 3 is 2.95 bits per heavy atom. The van der Waals surface area contributed by atoms with Gasteiger partial charge >= 0.3 is 0 Å². The Hall–Kier alpha value is -1.11. The summed E-state index contributed by atoms with van der Waals surface area (Å²) in [6.45, 7) is 1.27. The Kier molecular flexibility index (Phi) is 4.44. The number of hydrogen-bond donors (Lipinski definition) is 1. The van der Waals surface area contributed by atoms with E-state index in [9.17, 15) is 8.42 Å². The minimum absolute atomic E-state index is 0.0428. The summed E-state index contributed by atoms with van der Waals surface area (Å²) in [5.41, 5.74) is 0. The SMILES string of the molecule is CNCC1CCCN1S(=O)(=O)c1cccc(OC)c1. The summed E-state index contributed by atoms with van der Waals surface area (Å²) in [6, 6.07) is 6.68. The van der Waals surface area contributed by atoms with E-state index < -0.39 is 10.0 Å². The fourth-order valence-corrected chi connectivity index (χ4v) is 4.19. The van der Waals surface area contributed by atoms with Gasteiger partial charge in [0.25, 0.3) is 0 Å². The maximum atomic E-state index is 12.6. The van der Waals surface area contributed by atoms with Crippen molar-refractivity contribution in [1.82, 2.24) is 9.62 Å². The molecule has 1 aliphatic rings. The molecule has 1 N–H and O–H groups in total. The average molecular weight is 284 g/mol. The van der Waals surface area contributed by atoms with E-state index in [1.54, 1.807) is 28.6 Å². The van der Waals surface area contributed by atoms with E-state index in [1.807, 2.05) is 7.05 Å². The summed E-state index contributed by atoms with van der Waals surface area (Å²) < 4.78 is 31.9. The van der Waals surface area contributed by atoms with Crippen LogP contribution in [0.3, 0.4) is 0 Å². The molecule has 1 heterocycles. The Morgan fingerprint density at radius 2 is 2.26 bits per heavy atom. The van der Waals surface area contributed by atoms with E-state index in [-0.39, 0.29) is 6.04 Å². The molecule has 0 spiro atoms. The van der Waals surface area contributed by atoms with Crippen molar-refractivity contribution >= 4 is 10.0 Å². The molecule has 0 bridgehead atoms. The molecule has 1 unspecified atom stereocenters. The van der Waals surface area contributed by atoms with Crippen molar-refractivity contribution in [2.75, 3.05) is 27.2 Å². The quantitative estimate of drug-likeness (QED) is 0.878. The van der Waals surface area contributed by atoms with Crippen LogP contribution in [0.25, 0.3) is 0 Å². The normalized spacial score (nSPS) is 20.6. The Balaban J connectivity index is 2.30. The number of likely N-dealkylation sites (N-methyl/N-ethyl adjacent to an activating group) is 1. The molecule has 1 saturated heterocycles. The molecule has 2 rings (SSSR count). The van der Waals surface area contributed by atoms with Gasteiger partial charge < -0.3 is 10.1 Å². The van der Waals surface area contributed by atoms with Gasteiger partial charge in [-0.25, -0.2) is 8.42 Å². The molecule has 6 heteroatoms. The molecule has 1 aromatic rings. The first-order chi connectivity index (χ1) is 9.09. The first kappa shape index (κ1) is 14.3. The highest BCUT2D eigenvalue weighted by atomic mass is 32.2. The number of hydrogen-bond acceptors (Lipinski definition) is 4. The average Bonchev–Trinajstić information content (AvgIpc) is 2.88. The van der Waals surface area contributed by atoms with Gasteiger partial charge in [-0.2, -0.15) is 4.31 Å². The molecule has 5 nitrogen and oxygen atoms in total. The monoisotopic (exact) mass is 284 g/mol. The molecule has 0 aliphatic carbocycles. The Morgan fingerprint density at radius 1 is 1.47 bits per heavy atom. The summed E-state index contributed by atoms with van der Waals surface area (Å²) >= 11 is 0. The van der Waals surface area contributed by atoms with Crippen molar-refractivity contribution in [3.8, 4) is 5.75 Å². The summed E-state index contributed by atoms with van der Waals surface area (Å²) in [5.74, 6) is 0.561. The molecule has 19 heavy (non-hydrogen) atoms. The molecule has 1 aliphatic heterocycles. The highest BCUT2D eigenvalue weighted by molar-refractivity contribution is 7.89. The first-order valence-electron chi connectivity index (χ1n) is 6.40. The van der Waals surface area contributed by atoms with Gasteiger partial charge in [0.2, 0.25) is 10.0 Å². The van der Waals surface area contributed by atoms with Crippen molar-refractivity contribution < 1.29 is 13.2 Å². The van der Waals surface area contributed by atoms with Crippen LogP contribution >= 0.6 is 0 Å². The minimum Gasteiger partial charge on any atom is -0.497 e. The van der Waals surface area contributed by atoms with Crippen LogP contribution < -0.4 is 10.1 Å². The van der Waals surface area contributed by atoms with Crippen LogP contribution in [-0.4, -0.2) is 46.0 Å². The predicted octanol–water partition coefficient (Wildman–Crippen LogP) is 1.07. The van der Waals surface area contributed by atoms with E-state index in [1.165, 1.54) is 7.11 Å². The molecular weight excluding hydrogens is 264 g/mol. The van der Waals surface area contributed by atoms with Gasteiger partial charge in [0.15, 0.2) is 0 Å². The van der Waals surface area contributed by atoms with Gasteiger partial charge in [-0.15, -0.1) is 0 Å². The number of methoxy groups -OCH3 is 1. The smallest absolute Gasteiger partial charge is 0.243 e. The predicted molar refractivity (Wildman–Crippen MR) is 73.8 cm³/mol. The number of nitrogens with one attached hydrogen (secondary N) is 1. The largest absolute Gasteiger partial charge is 0.497 e. The highest BCUT2D eigenvalue weighted by Crippen LogP contribution is 2.27. The second-order valence-electron chi connectivity index (χ2n) is 4.65. The van der Waals surface area contributed by atoms with Crippen LogP contribution in [0.4, 0.5) is 0 Å². The maximum absolute atomic E-state index is 12.6. The zero-order valence-electron chi connectivity index (χ0n) is 11.3. The fraction of sp³-hybridized carbons (Fsp3) is 0.538. The Labute approximate surface area is 114 Å². The number of sulfonamides is 1. The van der Waals surface area contributed by atoms with E-state index in [0.717, 1.165) is 12.8 Å².